The van der Waals surface area contributed by atoms with Crippen molar-refractivity contribution in [1.82, 2.24) is 9.55 Å². The Morgan fingerprint density at radius 3 is 2.17 bits per heavy atom. The van der Waals surface area contributed by atoms with Crippen molar-refractivity contribution >= 4 is 32.9 Å². The average molecular weight is 455 g/mol. The number of rotatable bonds is 3. The fourth-order valence-corrected chi connectivity index (χ4v) is 4.84. The molecule has 0 aliphatic carbocycles. The topological polar surface area (TPSA) is 31.0 Å². The molecule has 0 unspecified atom stereocenters. The van der Waals surface area contributed by atoms with Gasteiger partial charge < -0.3 is 8.98 Å². The van der Waals surface area contributed by atoms with Crippen LogP contribution in [0.25, 0.3) is 61.2 Å². The van der Waals surface area contributed by atoms with Crippen molar-refractivity contribution in [2.24, 2.45) is 0 Å². The first-order valence-electron chi connectivity index (χ1n) is 11.5. The second-order valence-electron chi connectivity index (χ2n) is 8.63. The summed E-state index contributed by atoms with van der Waals surface area (Å²) in [5.74, 6) is 0.162. The van der Waals surface area contributed by atoms with Crippen molar-refractivity contribution in [3.8, 4) is 28.3 Å². The van der Waals surface area contributed by atoms with Gasteiger partial charge in [-0.15, -0.1) is 0 Å². The first-order chi connectivity index (χ1) is 17.2. The summed E-state index contributed by atoms with van der Waals surface area (Å²) in [6.07, 6.45) is 0. The number of hydrogen-bond acceptors (Lipinski definition) is 2. The van der Waals surface area contributed by atoms with Crippen LogP contribution >= 0.6 is 0 Å². The van der Waals surface area contributed by atoms with Gasteiger partial charge in [0.1, 0.15) is 11.3 Å². The predicted octanol–water partition coefficient (Wildman–Crippen LogP) is 8.40. The molecule has 7 rings (SSSR count). The summed E-state index contributed by atoms with van der Waals surface area (Å²) >= 11 is 0. The molecule has 4 heteroatoms. The maximum atomic E-state index is 13.5. The van der Waals surface area contributed by atoms with Crippen LogP contribution in [-0.4, -0.2) is 9.55 Å². The first-order valence-corrected chi connectivity index (χ1v) is 11.5. The summed E-state index contributed by atoms with van der Waals surface area (Å²) in [5, 5.41) is 2.44. The lowest BCUT2D eigenvalue weighted by Crippen LogP contribution is -1.92. The van der Waals surface area contributed by atoms with Crippen LogP contribution in [0.15, 0.2) is 120 Å². The molecule has 0 aliphatic heterocycles. The van der Waals surface area contributed by atoms with E-state index in [9.17, 15) is 4.39 Å². The minimum atomic E-state index is -0.322. The third kappa shape index (κ3) is 3.22. The Bertz CT molecular complexity index is 1850. The number of halogens is 1. The first kappa shape index (κ1) is 19.7. The van der Waals surface area contributed by atoms with Crippen LogP contribution in [0.2, 0.25) is 0 Å². The zero-order chi connectivity index (χ0) is 23.4. The Morgan fingerprint density at radius 1 is 0.600 bits per heavy atom. The highest BCUT2D eigenvalue weighted by molar-refractivity contribution is 6.10. The van der Waals surface area contributed by atoms with Crippen LogP contribution < -0.4 is 0 Å². The fourth-order valence-electron chi connectivity index (χ4n) is 4.84. The fraction of sp³-hybridized carbons (Fsp3) is 0. The van der Waals surface area contributed by atoms with E-state index in [4.69, 9.17) is 4.42 Å². The van der Waals surface area contributed by atoms with Gasteiger partial charge in [0.05, 0.1) is 11.0 Å². The molecule has 166 valence electrons. The maximum Gasteiger partial charge on any atom is 0.227 e. The van der Waals surface area contributed by atoms with E-state index in [1.165, 1.54) is 33.9 Å². The van der Waals surface area contributed by atoms with Gasteiger partial charge in [-0.05, 0) is 65.7 Å². The van der Waals surface area contributed by atoms with Gasteiger partial charge in [-0.2, -0.15) is 0 Å². The van der Waals surface area contributed by atoms with Crippen molar-refractivity contribution in [3.05, 3.63) is 121 Å². The highest BCUT2D eigenvalue weighted by atomic mass is 19.1. The van der Waals surface area contributed by atoms with Gasteiger partial charge >= 0.3 is 0 Å². The predicted molar refractivity (Wildman–Crippen MR) is 139 cm³/mol. The molecule has 7 aromatic rings. The smallest absolute Gasteiger partial charge is 0.227 e. The number of aromatic nitrogens is 2. The number of fused-ring (bicyclic) bond motifs is 4. The van der Waals surface area contributed by atoms with Gasteiger partial charge in [-0.1, -0.05) is 54.6 Å². The Hall–Kier alpha value is -4.70. The van der Waals surface area contributed by atoms with Crippen LogP contribution in [-0.2, 0) is 0 Å². The van der Waals surface area contributed by atoms with Gasteiger partial charge in [-0.3, -0.25) is 0 Å². The second-order valence-corrected chi connectivity index (χ2v) is 8.63. The average Bonchev–Trinajstić information content (AvgIpc) is 3.48. The molecule has 2 aromatic heterocycles. The van der Waals surface area contributed by atoms with E-state index in [1.54, 1.807) is 6.07 Å². The molecule has 0 amide bonds. The van der Waals surface area contributed by atoms with Crippen molar-refractivity contribution in [1.29, 1.82) is 0 Å². The van der Waals surface area contributed by atoms with Gasteiger partial charge in [0, 0.05) is 28.1 Å². The molecule has 0 bridgehead atoms. The molecule has 0 saturated heterocycles. The molecular formula is C31H19FN2O. The number of hydrogen-bond donors (Lipinski definition) is 0. The molecule has 35 heavy (non-hydrogen) atoms. The van der Waals surface area contributed by atoms with Gasteiger partial charge in [0.25, 0.3) is 0 Å². The third-order valence-electron chi connectivity index (χ3n) is 6.50. The molecule has 0 saturated carbocycles. The number of benzene rings is 5. The number of nitrogens with zero attached hydrogens (tertiary/aromatic N) is 2. The van der Waals surface area contributed by atoms with Crippen LogP contribution in [0.3, 0.4) is 0 Å². The molecule has 0 N–H and O–H groups in total. The van der Waals surface area contributed by atoms with Gasteiger partial charge in [-0.25, -0.2) is 9.37 Å². The third-order valence-corrected chi connectivity index (χ3v) is 6.50. The molecule has 0 spiro atoms. The molecule has 3 nitrogen and oxygen atoms in total. The van der Waals surface area contributed by atoms with Crippen molar-refractivity contribution in [3.63, 3.8) is 0 Å². The lowest BCUT2D eigenvalue weighted by atomic mass is 10.0. The molecule has 2 heterocycles. The van der Waals surface area contributed by atoms with Crippen LogP contribution in [0, 0.1) is 5.82 Å². The van der Waals surface area contributed by atoms with E-state index in [-0.39, 0.29) is 5.82 Å². The summed E-state index contributed by atoms with van der Waals surface area (Å²) in [6.45, 7) is 0. The quantitative estimate of drug-likeness (QED) is 0.268. The minimum absolute atomic E-state index is 0.322. The zero-order valence-electron chi connectivity index (χ0n) is 18.7. The minimum Gasteiger partial charge on any atom is -0.436 e. The summed E-state index contributed by atoms with van der Waals surface area (Å²) in [7, 11) is 0. The Balaban J connectivity index is 1.32. The lowest BCUT2D eigenvalue weighted by molar-refractivity contribution is 0.614. The monoisotopic (exact) mass is 454 g/mol. The SMILES string of the molecule is Fc1ccc2oc(-c3ccc(-c4ccc5c(c4)c4ccccc4n5-c4ccccc4)cc3)nc2c1. The maximum absolute atomic E-state index is 13.5. The van der Waals surface area contributed by atoms with Crippen LogP contribution in [0.4, 0.5) is 4.39 Å². The summed E-state index contributed by atoms with van der Waals surface area (Å²) in [4.78, 5) is 4.44. The van der Waals surface area contributed by atoms with E-state index in [1.807, 2.05) is 18.2 Å². The zero-order valence-corrected chi connectivity index (χ0v) is 18.7. The van der Waals surface area contributed by atoms with E-state index >= 15 is 0 Å². The van der Waals surface area contributed by atoms with Crippen molar-refractivity contribution in [2.45, 2.75) is 0 Å². The molecular weight excluding hydrogens is 435 g/mol. The van der Waals surface area contributed by atoms with Crippen LogP contribution in [0.1, 0.15) is 0 Å². The van der Waals surface area contributed by atoms with Gasteiger partial charge in [0.2, 0.25) is 5.89 Å². The van der Waals surface area contributed by atoms with Gasteiger partial charge in [0.15, 0.2) is 5.58 Å². The largest absolute Gasteiger partial charge is 0.436 e. The normalized spacial score (nSPS) is 11.6. The molecule has 0 atom stereocenters. The Labute approximate surface area is 200 Å². The molecule has 0 fully saturated rings. The highest BCUT2D eigenvalue weighted by Crippen LogP contribution is 2.35. The lowest BCUT2D eigenvalue weighted by Gasteiger charge is -2.08. The van der Waals surface area contributed by atoms with Crippen LogP contribution in [0.5, 0.6) is 0 Å². The molecule has 0 radical (unpaired) electrons. The number of para-hydroxylation sites is 2. The molecule has 5 aromatic carbocycles. The van der Waals surface area contributed by atoms with E-state index in [0.717, 1.165) is 22.4 Å². The standard InChI is InChI=1S/C31H19FN2O/c32-23-15-17-30-27(19-23)33-31(35-30)21-12-10-20(11-13-21)22-14-16-29-26(18-22)25-8-4-5-9-28(25)34(29)24-6-2-1-3-7-24/h1-19H. The van der Waals surface area contributed by atoms with E-state index < -0.39 is 0 Å². The van der Waals surface area contributed by atoms with E-state index in [0.29, 0.717) is 17.0 Å². The summed E-state index contributed by atoms with van der Waals surface area (Å²) < 4.78 is 21.7. The Kier molecular flexibility index (Phi) is 4.33. The van der Waals surface area contributed by atoms with Crippen molar-refractivity contribution in [2.75, 3.05) is 0 Å². The molecule has 0 aliphatic rings. The number of oxazole rings is 1. The summed E-state index contributed by atoms with van der Waals surface area (Å²) in [5.41, 5.74) is 7.70. The highest BCUT2D eigenvalue weighted by Gasteiger charge is 2.13. The van der Waals surface area contributed by atoms with E-state index in [2.05, 4.69) is 88.4 Å². The summed E-state index contributed by atoms with van der Waals surface area (Å²) in [6, 6.07) is 38.1. The van der Waals surface area contributed by atoms with Crippen molar-refractivity contribution < 1.29 is 8.81 Å². The second kappa shape index (κ2) is 7.67. The Morgan fingerprint density at radius 2 is 1.31 bits per heavy atom.